The number of hydrogen-bond donors (Lipinski definition) is 1. The third-order valence-electron chi connectivity index (χ3n) is 2.95. The van der Waals surface area contributed by atoms with E-state index in [4.69, 9.17) is 5.73 Å². The number of hydrogen-bond acceptors (Lipinski definition) is 3. The number of aryl methyl sites for hydroxylation is 3. The van der Waals surface area contributed by atoms with E-state index in [-0.39, 0.29) is 6.04 Å². The average molecular weight is 312 g/mol. The van der Waals surface area contributed by atoms with Crippen LogP contribution in [0.4, 0.5) is 0 Å². The zero-order chi connectivity index (χ0) is 13.3. The summed E-state index contributed by atoms with van der Waals surface area (Å²) in [4.78, 5) is 0. The maximum Gasteiger partial charge on any atom is 0.0768 e. The van der Waals surface area contributed by atoms with Crippen LogP contribution in [0.3, 0.4) is 0 Å². The fraction of sp³-hybridized carbons (Fsp3) is 0.500. The third-order valence-corrected chi connectivity index (χ3v) is 3.56. The first kappa shape index (κ1) is 13.3. The highest BCUT2D eigenvalue weighted by atomic mass is 79.9. The molecule has 2 N–H and O–H groups in total. The van der Waals surface area contributed by atoms with Crippen LogP contribution < -0.4 is 5.73 Å². The van der Waals surface area contributed by atoms with Gasteiger partial charge in [-0.25, -0.2) is 0 Å². The molecule has 0 saturated carbocycles. The van der Waals surface area contributed by atoms with Crippen LogP contribution in [0.25, 0.3) is 0 Å². The van der Waals surface area contributed by atoms with E-state index >= 15 is 0 Å². The molecule has 98 valence electrons. The number of nitrogens with two attached hydrogens (primary N) is 1. The number of nitrogens with zero attached hydrogens (tertiary/aromatic N) is 4. The van der Waals surface area contributed by atoms with Gasteiger partial charge in [0.2, 0.25) is 0 Å². The highest BCUT2D eigenvalue weighted by Crippen LogP contribution is 2.28. The summed E-state index contributed by atoms with van der Waals surface area (Å²) in [6.45, 7) is 4.97. The van der Waals surface area contributed by atoms with Gasteiger partial charge in [0.1, 0.15) is 0 Å². The van der Waals surface area contributed by atoms with Crippen molar-refractivity contribution in [3.63, 3.8) is 0 Å². The predicted octanol–water partition coefficient (Wildman–Crippen LogP) is 2.15. The molecule has 1 atom stereocenters. The minimum Gasteiger partial charge on any atom is -0.319 e. The highest BCUT2D eigenvalue weighted by Gasteiger charge is 2.21. The minimum atomic E-state index is -0.206. The summed E-state index contributed by atoms with van der Waals surface area (Å²) in [5.41, 5.74) is 9.37. The van der Waals surface area contributed by atoms with Crippen LogP contribution >= 0.6 is 15.9 Å². The fourth-order valence-corrected chi connectivity index (χ4v) is 2.68. The fourth-order valence-electron chi connectivity index (χ4n) is 2.14. The molecule has 0 amide bonds. The van der Waals surface area contributed by atoms with Crippen LogP contribution in [-0.4, -0.2) is 19.6 Å². The van der Waals surface area contributed by atoms with Gasteiger partial charge in [0.25, 0.3) is 0 Å². The van der Waals surface area contributed by atoms with Crippen molar-refractivity contribution in [3.8, 4) is 0 Å². The van der Waals surface area contributed by atoms with Crippen molar-refractivity contribution in [1.29, 1.82) is 0 Å². The Bertz CT molecular complexity index is 543. The van der Waals surface area contributed by atoms with Gasteiger partial charge in [-0.3, -0.25) is 9.36 Å². The van der Waals surface area contributed by atoms with Crippen molar-refractivity contribution >= 4 is 15.9 Å². The van der Waals surface area contributed by atoms with Crippen LogP contribution in [-0.2, 0) is 13.6 Å². The van der Waals surface area contributed by atoms with Crippen LogP contribution in [0, 0.1) is 6.92 Å². The molecule has 18 heavy (non-hydrogen) atoms. The maximum atomic E-state index is 6.36. The summed E-state index contributed by atoms with van der Waals surface area (Å²) in [5, 5.41) is 8.69. The van der Waals surface area contributed by atoms with Crippen molar-refractivity contribution in [1.82, 2.24) is 19.6 Å². The average Bonchev–Trinajstić information content (AvgIpc) is 2.82. The molecule has 0 spiro atoms. The number of aromatic nitrogens is 4. The Balaban J connectivity index is 2.42. The molecule has 2 aromatic rings. The molecular formula is C12H18BrN5. The molecule has 6 heteroatoms. The first-order chi connectivity index (χ1) is 8.54. The molecular weight excluding hydrogens is 294 g/mol. The number of halogens is 1. The summed E-state index contributed by atoms with van der Waals surface area (Å²) in [5.74, 6) is 0. The molecule has 0 aromatic carbocycles. The van der Waals surface area contributed by atoms with Crippen molar-refractivity contribution < 1.29 is 0 Å². The van der Waals surface area contributed by atoms with Crippen molar-refractivity contribution in [3.05, 3.63) is 33.8 Å². The van der Waals surface area contributed by atoms with E-state index in [2.05, 4.69) is 33.1 Å². The van der Waals surface area contributed by atoms with Gasteiger partial charge in [-0.2, -0.15) is 10.2 Å². The van der Waals surface area contributed by atoms with Crippen LogP contribution in [0.1, 0.15) is 36.3 Å². The molecule has 0 aliphatic heterocycles. The van der Waals surface area contributed by atoms with E-state index in [1.165, 1.54) is 0 Å². The molecule has 0 saturated heterocycles. The van der Waals surface area contributed by atoms with Crippen molar-refractivity contribution in [2.45, 2.75) is 32.9 Å². The largest absolute Gasteiger partial charge is 0.319 e. The van der Waals surface area contributed by atoms with Crippen LogP contribution in [0.5, 0.6) is 0 Å². The van der Waals surface area contributed by atoms with Crippen molar-refractivity contribution in [2.24, 2.45) is 12.8 Å². The third kappa shape index (κ3) is 2.35. The molecule has 1 unspecified atom stereocenters. The molecule has 2 aromatic heterocycles. The van der Waals surface area contributed by atoms with E-state index in [1.54, 1.807) is 10.9 Å². The summed E-state index contributed by atoms with van der Waals surface area (Å²) < 4.78 is 4.70. The standard InChI is InChI=1S/C12H18BrN5/c1-4-5-18-12(10(13)6-15-18)11(14)9-7-17(3)16-8(9)2/h6-7,11H,4-5,14H2,1-3H3. The lowest BCUT2D eigenvalue weighted by Crippen LogP contribution is -2.18. The van der Waals surface area contributed by atoms with E-state index in [9.17, 15) is 0 Å². The monoisotopic (exact) mass is 311 g/mol. The smallest absolute Gasteiger partial charge is 0.0768 e. The second kappa shape index (κ2) is 5.24. The second-order valence-electron chi connectivity index (χ2n) is 4.42. The quantitative estimate of drug-likeness (QED) is 0.941. The molecule has 2 heterocycles. The highest BCUT2D eigenvalue weighted by molar-refractivity contribution is 9.10. The Labute approximate surface area is 115 Å². The minimum absolute atomic E-state index is 0.206. The zero-order valence-corrected chi connectivity index (χ0v) is 12.5. The van der Waals surface area contributed by atoms with Gasteiger partial charge in [-0.15, -0.1) is 0 Å². The van der Waals surface area contributed by atoms with Gasteiger partial charge in [-0.1, -0.05) is 6.92 Å². The van der Waals surface area contributed by atoms with Crippen LogP contribution in [0.2, 0.25) is 0 Å². The molecule has 0 fully saturated rings. The van der Waals surface area contributed by atoms with Gasteiger partial charge in [0.15, 0.2) is 0 Å². The van der Waals surface area contributed by atoms with E-state index in [1.807, 2.05) is 24.9 Å². The molecule has 2 rings (SSSR count). The lowest BCUT2D eigenvalue weighted by atomic mass is 10.1. The van der Waals surface area contributed by atoms with E-state index < -0.39 is 0 Å². The van der Waals surface area contributed by atoms with Gasteiger partial charge >= 0.3 is 0 Å². The topological polar surface area (TPSA) is 61.7 Å². The SMILES string of the molecule is CCCn1ncc(Br)c1C(N)c1cn(C)nc1C. The van der Waals surface area contributed by atoms with E-state index in [0.717, 1.165) is 34.4 Å². The van der Waals surface area contributed by atoms with Gasteiger partial charge in [0, 0.05) is 25.4 Å². The molecule has 0 bridgehead atoms. The predicted molar refractivity (Wildman–Crippen MR) is 74.2 cm³/mol. The Morgan fingerprint density at radius 1 is 1.50 bits per heavy atom. The Morgan fingerprint density at radius 2 is 2.22 bits per heavy atom. The molecule has 0 aliphatic rings. The first-order valence-corrected chi connectivity index (χ1v) is 6.80. The number of rotatable bonds is 4. The normalized spacial score (nSPS) is 12.9. The summed E-state index contributed by atoms with van der Waals surface area (Å²) >= 11 is 3.53. The lowest BCUT2D eigenvalue weighted by molar-refractivity contribution is 0.558. The summed E-state index contributed by atoms with van der Waals surface area (Å²) in [6.07, 6.45) is 4.80. The van der Waals surface area contributed by atoms with Gasteiger partial charge in [-0.05, 0) is 29.3 Å². The van der Waals surface area contributed by atoms with Crippen molar-refractivity contribution in [2.75, 3.05) is 0 Å². The van der Waals surface area contributed by atoms with Gasteiger partial charge < -0.3 is 5.73 Å². The molecule has 0 radical (unpaired) electrons. The first-order valence-electron chi connectivity index (χ1n) is 6.01. The van der Waals surface area contributed by atoms with Gasteiger partial charge in [0.05, 0.1) is 28.1 Å². The molecule has 5 nitrogen and oxygen atoms in total. The summed E-state index contributed by atoms with van der Waals surface area (Å²) in [6, 6.07) is -0.206. The molecule has 0 aliphatic carbocycles. The zero-order valence-electron chi connectivity index (χ0n) is 10.9. The van der Waals surface area contributed by atoms with Crippen LogP contribution in [0.15, 0.2) is 16.9 Å². The maximum absolute atomic E-state index is 6.36. The summed E-state index contributed by atoms with van der Waals surface area (Å²) in [7, 11) is 1.90. The lowest BCUT2D eigenvalue weighted by Gasteiger charge is -2.14. The van der Waals surface area contributed by atoms with E-state index in [0.29, 0.717) is 0 Å². The Morgan fingerprint density at radius 3 is 2.78 bits per heavy atom. The second-order valence-corrected chi connectivity index (χ2v) is 5.28. The Hall–Kier alpha value is -1.14. The Kier molecular flexibility index (Phi) is 3.87.